The molecule has 0 aromatic carbocycles. The molecule has 1 aromatic heterocycles. The second-order valence-corrected chi connectivity index (χ2v) is 5.00. The average molecular weight is 265 g/mol. The summed E-state index contributed by atoms with van der Waals surface area (Å²) in [6.07, 6.45) is 9.81. The normalized spacial score (nSPS) is 23.7. The van der Waals surface area contributed by atoms with E-state index in [0.717, 1.165) is 25.7 Å². The molecule has 19 heavy (non-hydrogen) atoms. The van der Waals surface area contributed by atoms with E-state index < -0.39 is 0 Å². The SMILES string of the molecule is CCCOc1cncc(OC2CCCCCC2N)n1. The van der Waals surface area contributed by atoms with Gasteiger partial charge in [0, 0.05) is 6.04 Å². The third-order valence-corrected chi connectivity index (χ3v) is 3.32. The first-order valence-electron chi connectivity index (χ1n) is 7.16. The van der Waals surface area contributed by atoms with Gasteiger partial charge in [-0.05, 0) is 25.7 Å². The minimum Gasteiger partial charge on any atom is -0.477 e. The van der Waals surface area contributed by atoms with Crippen LogP contribution in [-0.4, -0.2) is 28.7 Å². The molecule has 0 saturated heterocycles. The largest absolute Gasteiger partial charge is 0.477 e. The first-order chi connectivity index (χ1) is 9.29. The van der Waals surface area contributed by atoms with Gasteiger partial charge in [-0.15, -0.1) is 0 Å². The van der Waals surface area contributed by atoms with Crippen LogP contribution in [0.3, 0.4) is 0 Å². The van der Waals surface area contributed by atoms with Gasteiger partial charge in [-0.3, -0.25) is 4.98 Å². The summed E-state index contributed by atoms with van der Waals surface area (Å²) in [7, 11) is 0. The van der Waals surface area contributed by atoms with Gasteiger partial charge in [-0.1, -0.05) is 19.8 Å². The van der Waals surface area contributed by atoms with E-state index >= 15 is 0 Å². The maximum Gasteiger partial charge on any atom is 0.235 e. The van der Waals surface area contributed by atoms with Gasteiger partial charge in [0.1, 0.15) is 6.10 Å². The van der Waals surface area contributed by atoms with Crippen LogP contribution >= 0.6 is 0 Å². The van der Waals surface area contributed by atoms with Crippen molar-refractivity contribution in [2.24, 2.45) is 5.73 Å². The zero-order chi connectivity index (χ0) is 13.5. The van der Waals surface area contributed by atoms with E-state index in [9.17, 15) is 0 Å². The van der Waals surface area contributed by atoms with Crippen molar-refractivity contribution in [3.63, 3.8) is 0 Å². The summed E-state index contributed by atoms with van der Waals surface area (Å²) < 4.78 is 11.3. The third kappa shape index (κ3) is 4.35. The predicted molar refractivity (Wildman–Crippen MR) is 73.3 cm³/mol. The second-order valence-electron chi connectivity index (χ2n) is 5.00. The molecule has 1 fully saturated rings. The van der Waals surface area contributed by atoms with Crippen molar-refractivity contribution in [1.82, 2.24) is 9.97 Å². The van der Waals surface area contributed by atoms with Crippen molar-refractivity contribution in [3.05, 3.63) is 12.4 Å². The molecule has 106 valence electrons. The molecule has 2 rings (SSSR count). The first kappa shape index (κ1) is 14.1. The Hall–Kier alpha value is -1.36. The van der Waals surface area contributed by atoms with Crippen molar-refractivity contribution in [2.45, 2.75) is 57.6 Å². The summed E-state index contributed by atoms with van der Waals surface area (Å²) in [6, 6.07) is 0.0875. The van der Waals surface area contributed by atoms with E-state index in [1.165, 1.54) is 12.8 Å². The number of hydrogen-bond donors (Lipinski definition) is 1. The highest BCUT2D eigenvalue weighted by molar-refractivity contribution is 5.13. The molecule has 0 bridgehead atoms. The minimum absolute atomic E-state index is 0.0400. The molecule has 2 atom stereocenters. The lowest BCUT2D eigenvalue weighted by Gasteiger charge is -2.22. The number of aromatic nitrogens is 2. The number of nitrogens with two attached hydrogens (primary N) is 1. The molecule has 0 aliphatic heterocycles. The van der Waals surface area contributed by atoms with Gasteiger partial charge in [0.25, 0.3) is 0 Å². The lowest BCUT2D eigenvalue weighted by atomic mass is 10.1. The summed E-state index contributed by atoms with van der Waals surface area (Å²) in [5, 5.41) is 0. The van der Waals surface area contributed by atoms with Gasteiger partial charge in [0.15, 0.2) is 0 Å². The van der Waals surface area contributed by atoms with Gasteiger partial charge >= 0.3 is 0 Å². The zero-order valence-electron chi connectivity index (χ0n) is 11.5. The summed E-state index contributed by atoms with van der Waals surface area (Å²) in [6.45, 7) is 2.69. The fraction of sp³-hybridized carbons (Fsp3) is 0.714. The highest BCUT2D eigenvalue weighted by Crippen LogP contribution is 2.21. The van der Waals surface area contributed by atoms with Crippen molar-refractivity contribution in [2.75, 3.05) is 6.61 Å². The average Bonchev–Trinajstić information content (AvgIpc) is 2.62. The second kappa shape index (κ2) is 7.28. The van der Waals surface area contributed by atoms with Gasteiger partial charge in [0.2, 0.25) is 11.8 Å². The monoisotopic (exact) mass is 265 g/mol. The predicted octanol–water partition coefficient (Wildman–Crippen LogP) is 2.30. The molecule has 0 spiro atoms. The molecule has 1 aromatic rings. The van der Waals surface area contributed by atoms with Crippen molar-refractivity contribution < 1.29 is 9.47 Å². The lowest BCUT2D eigenvalue weighted by Crippen LogP contribution is -2.38. The molecule has 1 aliphatic rings. The van der Waals surface area contributed by atoms with Gasteiger partial charge < -0.3 is 15.2 Å². The van der Waals surface area contributed by atoms with E-state index in [1.54, 1.807) is 12.4 Å². The number of ether oxygens (including phenoxy) is 2. The molecule has 1 heterocycles. The van der Waals surface area contributed by atoms with Crippen molar-refractivity contribution >= 4 is 0 Å². The zero-order valence-corrected chi connectivity index (χ0v) is 11.5. The van der Waals surface area contributed by atoms with E-state index in [-0.39, 0.29) is 12.1 Å². The van der Waals surface area contributed by atoms with Crippen molar-refractivity contribution in [1.29, 1.82) is 0 Å². The van der Waals surface area contributed by atoms with E-state index in [1.807, 2.05) is 0 Å². The Kier molecular flexibility index (Phi) is 5.39. The number of rotatable bonds is 5. The third-order valence-electron chi connectivity index (χ3n) is 3.32. The maximum absolute atomic E-state index is 6.14. The first-order valence-corrected chi connectivity index (χ1v) is 7.16. The molecule has 0 radical (unpaired) electrons. The Labute approximate surface area is 114 Å². The van der Waals surface area contributed by atoms with Crippen LogP contribution in [0.4, 0.5) is 0 Å². The molecule has 5 nitrogen and oxygen atoms in total. The van der Waals surface area contributed by atoms with E-state index in [2.05, 4.69) is 16.9 Å². The molecule has 0 amide bonds. The summed E-state index contributed by atoms with van der Waals surface area (Å²) in [5.41, 5.74) is 6.14. The fourth-order valence-electron chi connectivity index (χ4n) is 2.27. The number of nitrogens with zero attached hydrogens (tertiary/aromatic N) is 2. The number of hydrogen-bond acceptors (Lipinski definition) is 5. The Morgan fingerprint density at radius 1 is 1.21 bits per heavy atom. The molecular formula is C14H23N3O2. The van der Waals surface area contributed by atoms with Gasteiger partial charge in [0.05, 0.1) is 19.0 Å². The Balaban J connectivity index is 1.97. The lowest BCUT2D eigenvalue weighted by molar-refractivity contribution is 0.153. The molecule has 1 saturated carbocycles. The maximum atomic E-state index is 6.14. The molecule has 2 unspecified atom stereocenters. The Morgan fingerprint density at radius 3 is 2.84 bits per heavy atom. The highest BCUT2D eigenvalue weighted by Gasteiger charge is 2.22. The van der Waals surface area contributed by atoms with Crippen LogP contribution in [0, 0.1) is 0 Å². The minimum atomic E-state index is 0.0400. The van der Waals surface area contributed by atoms with E-state index in [4.69, 9.17) is 15.2 Å². The van der Waals surface area contributed by atoms with Crippen LogP contribution in [0.1, 0.15) is 45.4 Å². The quantitative estimate of drug-likeness (QED) is 0.827. The fourth-order valence-corrected chi connectivity index (χ4v) is 2.27. The van der Waals surface area contributed by atoms with E-state index in [0.29, 0.717) is 18.4 Å². The van der Waals surface area contributed by atoms with Crippen LogP contribution < -0.4 is 15.2 Å². The Morgan fingerprint density at radius 2 is 2.00 bits per heavy atom. The Bertz CT molecular complexity index is 387. The standard InChI is InChI=1S/C14H23N3O2/c1-2-8-18-13-9-16-10-14(17-13)19-12-7-5-3-4-6-11(12)15/h9-12H,2-8,15H2,1H3. The molecule has 1 aliphatic carbocycles. The van der Waals surface area contributed by atoms with Crippen LogP contribution in [0.25, 0.3) is 0 Å². The van der Waals surface area contributed by atoms with Crippen LogP contribution in [0.15, 0.2) is 12.4 Å². The summed E-state index contributed by atoms with van der Waals surface area (Å²) >= 11 is 0. The summed E-state index contributed by atoms with van der Waals surface area (Å²) in [5.74, 6) is 1.03. The molecular weight excluding hydrogens is 242 g/mol. The van der Waals surface area contributed by atoms with Gasteiger partial charge in [-0.25, -0.2) is 0 Å². The topological polar surface area (TPSA) is 70.3 Å². The van der Waals surface area contributed by atoms with Crippen LogP contribution in [0.2, 0.25) is 0 Å². The molecule has 2 N–H and O–H groups in total. The summed E-state index contributed by atoms with van der Waals surface area (Å²) in [4.78, 5) is 8.41. The smallest absolute Gasteiger partial charge is 0.235 e. The highest BCUT2D eigenvalue weighted by atomic mass is 16.5. The van der Waals surface area contributed by atoms with Crippen LogP contribution in [0.5, 0.6) is 11.8 Å². The molecule has 5 heteroatoms. The van der Waals surface area contributed by atoms with Crippen LogP contribution in [-0.2, 0) is 0 Å². The van der Waals surface area contributed by atoms with Crippen molar-refractivity contribution in [3.8, 4) is 11.8 Å². The van der Waals surface area contributed by atoms with Gasteiger partial charge in [-0.2, -0.15) is 4.98 Å².